The Bertz CT molecular complexity index is 1270. The van der Waals surface area contributed by atoms with E-state index in [1.165, 1.54) is 30.6 Å². The monoisotopic (exact) mass is 478 g/mol. The first-order chi connectivity index (χ1) is 16.3. The summed E-state index contributed by atoms with van der Waals surface area (Å²) in [5, 5.41) is 22.0. The van der Waals surface area contributed by atoms with Gasteiger partial charge in [-0.15, -0.1) is 0 Å². The van der Waals surface area contributed by atoms with E-state index in [2.05, 4.69) is 4.98 Å². The first-order valence-corrected chi connectivity index (χ1v) is 11.1. The molecule has 1 amide bonds. The second-order valence-corrected chi connectivity index (χ2v) is 8.75. The zero-order valence-electron chi connectivity index (χ0n) is 18.6. The molecule has 0 spiro atoms. The first kappa shape index (κ1) is 23.3. The number of phenolic OH excluding ortho intramolecular Hbond substituents is 1. The molecule has 3 aromatic rings. The van der Waals surface area contributed by atoms with Gasteiger partial charge < -0.3 is 14.9 Å². The number of ketones is 1. The third-order valence-electron chi connectivity index (χ3n) is 5.35. The van der Waals surface area contributed by atoms with Crippen molar-refractivity contribution in [1.29, 1.82) is 0 Å². The second kappa shape index (κ2) is 9.57. The SMILES string of the molecule is CC(C)COc1cccc(/C(O)=C2\C(=O)C(=O)N(c3cc(Cl)ccc3O)C2c2ccncc2)c1. The minimum atomic E-state index is -1.01. The van der Waals surface area contributed by atoms with Crippen molar-refractivity contribution >= 4 is 34.7 Å². The number of hydrogen-bond donors (Lipinski definition) is 2. The molecule has 8 heteroatoms. The van der Waals surface area contributed by atoms with E-state index in [1.54, 1.807) is 36.4 Å². The molecule has 1 aliphatic heterocycles. The number of halogens is 1. The van der Waals surface area contributed by atoms with Gasteiger partial charge in [0, 0.05) is 23.0 Å². The molecule has 7 nitrogen and oxygen atoms in total. The van der Waals surface area contributed by atoms with Crippen LogP contribution >= 0.6 is 11.6 Å². The molecule has 34 heavy (non-hydrogen) atoms. The quantitative estimate of drug-likeness (QED) is 0.290. The van der Waals surface area contributed by atoms with Crippen molar-refractivity contribution < 1.29 is 24.5 Å². The molecule has 0 radical (unpaired) electrons. The van der Waals surface area contributed by atoms with Gasteiger partial charge in [-0.05, 0) is 53.9 Å². The van der Waals surface area contributed by atoms with Crippen LogP contribution in [0.25, 0.3) is 5.76 Å². The summed E-state index contributed by atoms with van der Waals surface area (Å²) in [7, 11) is 0. The van der Waals surface area contributed by atoms with Gasteiger partial charge in [-0.3, -0.25) is 19.5 Å². The van der Waals surface area contributed by atoms with Crippen LogP contribution in [0.15, 0.2) is 72.6 Å². The number of benzene rings is 2. The highest BCUT2D eigenvalue weighted by Crippen LogP contribution is 2.45. The van der Waals surface area contributed by atoms with Gasteiger partial charge in [-0.1, -0.05) is 37.6 Å². The molecule has 1 saturated heterocycles. The number of hydrogen-bond acceptors (Lipinski definition) is 6. The number of nitrogens with zero attached hydrogens (tertiary/aromatic N) is 2. The standard InChI is InChI=1S/C26H23ClN2O5/c1-15(2)14-34-19-5-3-4-17(12-19)24(31)22-23(16-8-10-28-11-9-16)29(26(33)25(22)32)20-13-18(27)6-7-21(20)30/h3-13,15,23,30-31H,14H2,1-2H3/b24-22+. The fraction of sp³-hybridized carbons (Fsp3) is 0.192. The molecule has 2 aromatic carbocycles. The van der Waals surface area contributed by atoms with E-state index in [0.717, 1.165) is 4.90 Å². The third-order valence-corrected chi connectivity index (χ3v) is 5.59. The molecule has 0 saturated carbocycles. The lowest BCUT2D eigenvalue weighted by Crippen LogP contribution is -2.29. The Kier molecular flexibility index (Phi) is 6.56. The van der Waals surface area contributed by atoms with Crippen molar-refractivity contribution in [3.05, 3.63) is 88.7 Å². The van der Waals surface area contributed by atoms with Gasteiger partial charge in [0.2, 0.25) is 0 Å². The van der Waals surface area contributed by atoms with Crippen molar-refractivity contribution in [1.82, 2.24) is 4.98 Å². The predicted octanol–water partition coefficient (Wildman–Crippen LogP) is 5.10. The number of aromatic nitrogens is 1. The maximum atomic E-state index is 13.2. The predicted molar refractivity (Wildman–Crippen MR) is 129 cm³/mol. The fourth-order valence-electron chi connectivity index (χ4n) is 3.78. The summed E-state index contributed by atoms with van der Waals surface area (Å²) in [5.74, 6) is -1.52. The van der Waals surface area contributed by atoms with Crippen LogP contribution < -0.4 is 9.64 Å². The number of aliphatic hydroxyl groups is 1. The third kappa shape index (κ3) is 4.47. The maximum absolute atomic E-state index is 13.2. The van der Waals surface area contributed by atoms with Crippen molar-refractivity contribution in [2.75, 3.05) is 11.5 Å². The highest BCUT2D eigenvalue weighted by atomic mass is 35.5. The zero-order valence-corrected chi connectivity index (χ0v) is 19.4. The van der Waals surface area contributed by atoms with Crippen LogP contribution in [0, 0.1) is 5.92 Å². The molecule has 1 fully saturated rings. The van der Waals surface area contributed by atoms with Crippen LogP contribution in [0.3, 0.4) is 0 Å². The molecule has 2 heterocycles. The summed E-state index contributed by atoms with van der Waals surface area (Å²) in [6.45, 7) is 4.52. The Morgan fingerprint density at radius 1 is 1.12 bits per heavy atom. The molecular weight excluding hydrogens is 456 g/mol. The van der Waals surface area contributed by atoms with Gasteiger partial charge >= 0.3 is 0 Å². The molecule has 4 rings (SSSR count). The minimum absolute atomic E-state index is 0.0597. The van der Waals surface area contributed by atoms with Crippen LogP contribution in [0.2, 0.25) is 5.02 Å². The number of aliphatic hydroxyl groups excluding tert-OH is 1. The summed E-state index contributed by atoms with van der Waals surface area (Å²) < 4.78 is 5.75. The average molecular weight is 479 g/mol. The Hall–Kier alpha value is -3.84. The normalized spacial score (nSPS) is 17.4. The molecule has 1 atom stereocenters. The topological polar surface area (TPSA) is 100.0 Å². The van der Waals surface area contributed by atoms with E-state index in [-0.39, 0.29) is 27.8 Å². The number of Topliss-reactive ketones (excluding diaryl/α,β-unsaturated/α-hetero) is 1. The molecule has 1 aliphatic rings. The molecule has 1 aromatic heterocycles. The van der Waals surface area contributed by atoms with Crippen LogP contribution in [0.5, 0.6) is 11.5 Å². The fourth-order valence-corrected chi connectivity index (χ4v) is 3.95. The van der Waals surface area contributed by atoms with Gasteiger partial charge in [0.25, 0.3) is 11.7 Å². The lowest BCUT2D eigenvalue weighted by Gasteiger charge is -2.26. The van der Waals surface area contributed by atoms with E-state index in [1.807, 2.05) is 13.8 Å². The van der Waals surface area contributed by atoms with Crippen LogP contribution in [-0.2, 0) is 9.59 Å². The average Bonchev–Trinajstić information content (AvgIpc) is 3.10. The minimum Gasteiger partial charge on any atom is -0.507 e. The van der Waals surface area contributed by atoms with Crippen LogP contribution in [0.1, 0.15) is 31.0 Å². The Labute approximate surface area is 201 Å². The number of ether oxygens (including phenoxy) is 1. The van der Waals surface area contributed by atoms with Gasteiger partial charge in [-0.25, -0.2) is 0 Å². The number of carbonyl (C=O) groups excluding carboxylic acids is 2. The van der Waals surface area contributed by atoms with E-state index < -0.39 is 17.7 Å². The summed E-state index contributed by atoms with van der Waals surface area (Å²) in [5.41, 5.74) is 0.803. The lowest BCUT2D eigenvalue weighted by molar-refractivity contribution is -0.132. The number of amides is 1. The van der Waals surface area contributed by atoms with Gasteiger partial charge in [0.05, 0.1) is 23.9 Å². The molecule has 1 unspecified atom stereocenters. The lowest BCUT2D eigenvalue weighted by atomic mass is 9.95. The zero-order chi connectivity index (χ0) is 24.4. The van der Waals surface area contributed by atoms with Crippen molar-refractivity contribution in [2.45, 2.75) is 19.9 Å². The molecule has 0 aliphatic carbocycles. The number of anilines is 1. The van der Waals surface area contributed by atoms with E-state index in [0.29, 0.717) is 29.4 Å². The Morgan fingerprint density at radius 3 is 2.56 bits per heavy atom. The van der Waals surface area contributed by atoms with Gasteiger partial charge in [-0.2, -0.15) is 0 Å². The number of aromatic hydroxyl groups is 1. The van der Waals surface area contributed by atoms with Crippen molar-refractivity contribution in [3.8, 4) is 11.5 Å². The molecule has 2 N–H and O–H groups in total. The summed E-state index contributed by atoms with van der Waals surface area (Å²) >= 11 is 6.12. The highest BCUT2D eigenvalue weighted by Gasteiger charge is 2.47. The first-order valence-electron chi connectivity index (χ1n) is 10.7. The van der Waals surface area contributed by atoms with Crippen molar-refractivity contribution in [3.63, 3.8) is 0 Å². The number of carbonyl (C=O) groups is 2. The largest absolute Gasteiger partial charge is 0.507 e. The van der Waals surface area contributed by atoms with E-state index in [9.17, 15) is 19.8 Å². The number of phenols is 1. The highest BCUT2D eigenvalue weighted by molar-refractivity contribution is 6.52. The van der Waals surface area contributed by atoms with Gasteiger partial charge in [0.1, 0.15) is 17.3 Å². The van der Waals surface area contributed by atoms with Crippen LogP contribution in [-0.4, -0.2) is 33.5 Å². The molecular formula is C26H23ClN2O5. The Balaban J connectivity index is 1.88. The maximum Gasteiger partial charge on any atom is 0.300 e. The smallest absolute Gasteiger partial charge is 0.300 e. The summed E-state index contributed by atoms with van der Waals surface area (Å²) in [6, 6.07) is 13.2. The summed E-state index contributed by atoms with van der Waals surface area (Å²) in [6.07, 6.45) is 3.04. The van der Waals surface area contributed by atoms with E-state index in [4.69, 9.17) is 16.3 Å². The molecule has 0 bridgehead atoms. The van der Waals surface area contributed by atoms with E-state index >= 15 is 0 Å². The van der Waals surface area contributed by atoms with Gasteiger partial charge in [0.15, 0.2) is 0 Å². The summed E-state index contributed by atoms with van der Waals surface area (Å²) in [4.78, 5) is 31.5. The number of rotatable bonds is 6. The van der Waals surface area contributed by atoms with Crippen molar-refractivity contribution in [2.24, 2.45) is 5.92 Å². The Morgan fingerprint density at radius 2 is 1.85 bits per heavy atom. The second-order valence-electron chi connectivity index (χ2n) is 8.32. The number of pyridine rings is 1. The molecule has 174 valence electrons. The van der Waals surface area contributed by atoms with Crippen LogP contribution in [0.4, 0.5) is 5.69 Å².